The van der Waals surface area contributed by atoms with Crippen molar-refractivity contribution in [1.29, 1.82) is 0 Å². The van der Waals surface area contributed by atoms with Crippen LogP contribution in [0.2, 0.25) is 5.02 Å². The summed E-state index contributed by atoms with van der Waals surface area (Å²) in [6, 6.07) is 30.2. The van der Waals surface area contributed by atoms with Gasteiger partial charge in [0.1, 0.15) is 66.7 Å². The molecule has 692 valence electrons. The number of aromatic amines is 4. The quantitative estimate of drug-likeness (QED) is 0.00961. The number of rotatable bonds is 44. The van der Waals surface area contributed by atoms with E-state index in [0.717, 1.165) is 16.7 Å². The van der Waals surface area contributed by atoms with Crippen molar-refractivity contribution < 1.29 is 83.0 Å². The Kier molecular flexibility index (Phi) is 36.1. The number of hydrogen-bond acceptors (Lipinski definition) is 33. The summed E-state index contributed by atoms with van der Waals surface area (Å²) in [5.74, 6) is 0.103. The molecule has 4 aromatic carbocycles. The van der Waals surface area contributed by atoms with E-state index in [-0.39, 0.29) is 168 Å². The molecule has 13 aromatic rings. The molecule has 15 N–H and O–H groups in total. The number of halogens is 2. The number of benzene rings is 4. The molecule has 13 rings (SSSR count). The standard InChI is InChI=1S/C22H23N6O6P.C19H24ClN6O5P.C19H24FN6O5P.C19H25N6O5P/c1-15-3-8-18(34-15)12-33-35(30,32-11-16-4-6-17(24-2)7-5-16)14-31-10-9-28-13-25-19-20(28)26-22(23)27-21(19)29;2*1-12(13(2)27)25-32(29,31-9-14-4-3-5-15(20)8-14)11-30-7-6-26-10-22-16-17(26)23-19(21)24-18(16)28;1-13(14(2)26)24-31(28,30-10-15-6-4-3-5-7-15)12-29-9-8-25-11-21-16-17(25)22-19(20)23-18(16)27/h3-8,13H,9-12,14H2,1H3,(H3,23,26,27,29);2*3-5,8,10,12H,6-7,9,11H2,1-2H3,(H,25,29)(H3,21,23,24,28);3-7,11,13H,8-10,12H2,1-2H3,(H,24,28)(H3,20,22,23,27). The number of nitrogen functional groups attached to an aromatic ring is 4. The summed E-state index contributed by atoms with van der Waals surface area (Å²) in [5, 5.41) is 8.73. The molecule has 51 heteroatoms. The number of aromatic nitrogens is 16. The second-order valence-electron chi connectivity index (χ2n) is 28.8. The maximum absolute atomic E-state index is 13.4. The summed E-state index contributed by atoms with van der Waals surface area (Å²) in [7, 11) is -14.3. The van der Waals surface area contributed by atoms with Gasteiger partial charge < -0.3 is 82.7 Å². The van der Waals surface area contributed by atoms with Gasteiger partial charge in [0, 0.05) is 31.2 Å². The Morgan fingerprint density at radius 2 is 0.800 bits per heavy atom. The van der Waals surface area contributed by atoms with E-state index in [1.807, 2.05) is 30.3 Å². The van der Waals surface area contributed by atoms with E-state index in [1.165, 1.54) is 64.3 Å². The molecule has 130 heavy (non-hydrogen) atoms. The number of H-pyrrole nitrogens is 4. The summed E-state index contributed by atoms with van der Waals surface area (Å²) in [5.41, 5.74) is 25.8. The third-order valence-corrected chi connectivity index (χ3v) is 25.9. The maximum atomic E-state index is 13.4. The van der Waals surface area contributed by atoms with Gasteiger partial charge in [0.05, 0.1) is 103 Å². The van der Waals surface area contributed by atoms with Crippen molar-refractivity contribution in [3.8, 4) is 0 Å². The van der Waals surface area contributed by atoms with Crippen molar-refractivity contribution in [3.05, 3.63) is 238 Å². The van der Waals surface area contributed by atoms with Crippen LogP contribution in [0.1, 0.15) is 75.3 Å². The zero-order chi connectivity index (χ0) is 93.9. The minimum absolute atomic E-state index is 0.00817. The first kappa shape index (κ1) is 100. The predicted octanol–water partition coefficient (Wildman–Crippen LogP) is 9.51. The van der Waals surface area contributed by atoms with E-state index in [0.29, 0.717) is 56.9 Å². The van der Waals surface area contributed by atoms with E-state index in [9.17, 15) is 56.2 Å². The highest BCUT2D eigenvalue weighted by Gasteiger charge is 2.32. The van der Waals surface area contributed by atoms with Crippen LogP contribution < -0.4 is 60.4 Å². The van der Waals surface area contributed by atoms with Crippen LogP contribution in [0.3, 0.4) is 0 Å². The number of ketones is 3. The number of fused-ring (bicyclic) bond motifs is 4. The van der Waals surface area contributed by atoms with Crippen molar-refractivity contribution in [3.63, 3.8) is 0 Å². The zero-order valence-corrected chi connectivity index (χ0v) is 75.6. The third-order valence-electron chi connectivity index (χ3n) is 18.5. The number of ether oxygens (including phenoxy) is 4. The molecule has 0 radical (unpaired) electrons. The van der Waals surface area contributed by atoms with Gasteiger partial charge in [0.25, 0.3) is 44.8 Å². The Bertz CT molecular complexity index is 6390. The summed E-state index contributed by atoms with van der Waals surface area (Å²) in [4.78, 5) is 128. The van der Waals surface area contributed by atoms with Crippen LogP contribution in [0.5, 0.6) is 0 Å². The van der Waals surface area contributed by atoms with E-state index >= 15 is 0 Å². The molecule has 0 fully saturated rings. The van der Waals surface area contributed by atoms with Gasteiger partial charge in [-0.2, -0.15) is 19.9 Å². The van der Waals surface area contributed by atoms with Gasteiger partial charge in [-0.05, 0) is 107 Å². The summed E-state index contributed by atoms with van der Waals surface area (Å²) >= 11 is 5.98. The van der Waals surface area contributed by atoms with Gasteiger partial charge in [-0.1, -0.05) is 90.5 Å². The normalized spacial score (nSPS) is 14.0. The first-order valence-electron chi connectivity index (χ1n) is 39.6. The molecule has 0 spiro atoms. The number of nitrogens with zero attached hydrogens (tertiary/aromatic N) is 13. The summed E-state index contributed by atoms with van der Waals surface area (Å²) in [6.07, 6.45) is 4.63. The fourth-order valence-corrected chi connectivity index (χ4v) is 18.1. The number of aryl methyl sites for hydroxylation is 1. The summed E-state index contributed by atoms with van der Waals surface area (Å²) < 4.78 is 129. The van der Waals surface area contributed by atoms with Gasteiger partial charge in [0.15, 0.2) is 50.3 Å². The molecule has 0 aliphatic rings. The van der Waals surface area contributed by atoms with Crippen molar-refractivity contribution in [1.82, 2.24) is 93.3 Å². The highest BCUT2D eigenvalue weighted by atomic mass is 35.5. The van der Waals surface area contributed by atoms with Crippen LogP contribution in [-0.2, 0) is 133 Å². The molecule has 0 aliphatic heterocycles. The van der Waals surface area contributed by atoms with Crippen LogP contribution in [0, 0.1) is 19.3 Å². The molecule has 45 nitrogen and oxygen atoms in total. The number of carbonyl (C=O) groups excluding carboxylic acids is 3. The van der Waals surface area contributed by atoms with Gasteiger partial charge >= 0.3 is 7.60 Å². The Balaban J connectivity index is 0.000000180. The molecular weight excluding hydrogens is 1800 g/mol. The van der Waals surface area contributed by atoms with Crippen LogP contribution in [0.15, 0.2) is 164 Å². The Labute approximate surface area is 744 Å². The first-order chi connectivity index (χ1) is 62.0. The number of furan rings is 1. The largest absolute Gasteiger partial charge is 0.464 e. The number of carbonyl (C=O) groups is 3. The molecule has 0 bridgehead atoms. The van der Waals surface area contributed by atoms with Crippen molar-refractivity contribution >= 4 is 133 Å². The van der Waals surface area contributed by atoms with Gasteiger partial charge in [-0.25, -0.2) is 44.4 Å². The average Bonchev–Trinajstić information content (AvgIpc) is 1.67. The lowest BCUT2D eigenvalue weighted by atomic mass is 10.2. The molecular formula is C79H96ClFN24O21P4. The number of hydrogen-bond donors (Lipinski definition) is 11. The van der Waals surface area contributed by atoms with E-state index in [4.69, 9.17) is 87.1 Å². The SMILES string of the molecule is CC(=O)C(C)NP(=O)(COCCn1cnc2c(=O)[nH]c(N)nc21)OCc1cccc(Cl)c1.CC(=O)C(C)NP(=O)(COCCn1cnc2c(=O)[nH]c(N)nc21)OCc1cccc(F)c1.CC(=O)C(C)NP(=O)(COCCn1cnc2c(=O)[nH]c(N)nc21)OCc1ccccc1.[C-]#[N+]c1ccc(COP(=O)(COCCn2cnc3c(=O)[nH]c(N)nc32)OCc2ccc(C)o2)cc1. The zero-order valence-electron chi connectivity index (χ0n) is 71.3. The maximum Gasteiger partial charge on any atom is 0.356 e. The number of anilines is 4. The molecule has 7 unspecified atom stereocenters. The number of imidazole rings is 4. The first-order valence-corrected chi connectivity index (χ1v) is 47.1. The second kappa shape index (κ2) is 47.0. The average molecular weight is 1900 g/mol. The van der Waals surface area contributed by atoms with Crippen molar-refractivity contribution in [2.45, 2.75) is 126 Å². The highest BCUT2D eigenvalue weighted by Crippen LogP contribution is 2.50. The minimum atomic E-state index is -3.69. The third kappa shape index (κ3) is 30.0. The Morgan fingerprint density at radius 3 is 1.15 bits per heavy atom. The van der Waals surface area contributed by atoms with Crippen LogP contribution in [0.4, 0.5) is 33.9 Å². The molecule has 9 heterocycles. The Hall–Kier alpha value is -12.1. The fraction of sp³-hybridized carbons (Fsp3) is 0.342. The van der Waals surface area contributed by atoms with Crippen LogP contribution in [0.25, 0.3) is 49.5 Å². The summed E-state index contributed by atoms with van der Waals surface area (Å²) in [6.45, 7) is 19.3. The lowest BCUT2D eigenvalue weighted by Gasteiger charge is -2.22. The predicted molar refractivity (Wildman–Crippen MR) is 478 cm³/mol. The molecule has 0 aliphatic carbocycles. The van der Waals surface area contributed by atoms with Gasteiger partial charge in [-0.3, -0.25) is 76.3 Å². The van der Waals surface area contributed by atoms with Crippen molar-refractivity contribution in [2.24, 2.45) is 0 Å². The number of nitrogens with one attached hydrogen (secondary N) is 7. The fourth-order valence-electron chi connectivity index (χ4n) is 11.5. The molecule has 0 amide bonds. The second-order valence-corrected chi connectivity index (χ2v) is 37.6. The number of nitrogens with two attached hydrogens (primary N) is 4. The van der Waals surface area contributed by atoms with Crippen LogP contribution >= 0.6 is 41.8 Å². The molecule has 0 saturated heterocycles. The number of Topliss-reactive ketones (excluding diaryl/α,β-unsaturated/α-hetero) is 3. The highest BCUT2D eigenvalue weighted by molar-refractivity contribution is 7.57. The lowest BCUT2D eigenvalue weighted by molar-refractivity contribution is -0.119. The lowest BCUT2D eigenvalue weighted by Crippen LogP contribution is -2.32. The molecule has 9 aromatic heterocycles. The van der Waals surface area contributed by atoms with Crippen molar-refractivity contribution in [2.75, 3.05) is 74.8 Å². The smallest absolute Gasteiger partial charge is 0.356 e. The minimum Gasteiger partial charge on any atom is -0.464 e. The molecule has 7 atom stereocenters. The van der Waals surface area contributed by atoms with E-state index in [2.05, 4.69) is 79.9 Å². The van der Waals surface area contributed by atoms with Crippen LogP contribution in [-0.4, -0.2) is 165 Å². The van der Waals surface area contributed by atoms with E-state index < -0.39 is 76.3 Å². The van der Waals surface area contributed by atoms with Gasteiger partial charge in [0.2, 0.25) is 23.8 Å². The monoisotopic (exact) mass is 1890 g/mol. The topological polar surface area (TPSA) is 615 Å². The molecule has 0 saturated carbocycles. The Morgan fingerprint density at radius 1 is 0.462 bits per heavy atom. The van der Waals surface area contributed by atoms with Gasteiger partial charge in [-0.15, -0.1) is 0 Å². The van der Waals surface area contributed by atoms with E-state index in [1.54, 1.807) is 113 Å².